The number of fused-ring (bicyclic) bond motifs is 2. The zero-order chi connectivity index (χ0) is 14.8. The first kappa shape index (κ1) is 17.1. The van der Waals surface area contributed by atoms with Gasteiger partial charge in [-0.15, -0.1) is 12.4 Å². The van der Waals surface area contributed by atoms with E-state index in [0.717, 1.165) is 49.2 Å². The first-order valence-electron chi connectivity index (χ1n) is 7.87. The molecule has 0 aliphatic carbocycles. The van der Waals surface area contributed by atoms with Crippen LogP contribution in [0.2, 0.25) is 0 Å². The molecular formula is C17H25ClN2O2. The summed E-state index contributed by atoms with van der Waals surface area (Å²) in [6.45, 7) is 6.14. The van der Waals surface area contributed by atoms with Crippen molar-refractivity contribution in [2.24, 2.45) is 0 Å². The van der Waals surface area contributed by atoms with E-state index in [1.165, 1.54) is 0 Å². The summed E-state index contributed by atoms with van der Waals surface area (Å²) in [7, 11) is 0. The van der Waals surface area contributed by atoms with E-state index in [2.05, 4.69) is 16.3 Å². The lowest BCUT2D eigenvalue weighted by Gasteiger charge is -2.28. The van der Waals surface area contributed by atoms with Crippen molar-refractivity contribution >= 4 is 18.3 Å². The Kier molecular flexibility index (Phi) is 5.70. The number of halogens is 1. The van der Waals surface area contributed by atoms with Crippen molar-refractivity contribution in [3.05, 3.63) is 29.3 Å². The van der Waals surface area contributed by atoms with Gasteiger partial charge in [-0.1, -0.05) is 12.1 Å². The maximum absolute atomic E-state index is 12.6. The molecule has 2 atom stereocenters. The minimum atomic E-state index is 0. The van der Waals surface area contributed by atoms with Crippen molar-refractivity contribution in [3.8, 4) is 5.75 Å². The average molecular weight is 325 g/mol. The Balaban J connectivity index is 0.00000176. The summed E-state index contributed by atoms with van der Waals surface area (Å²) in [6.07, 6.45) is 3.32. The number of hydrogen-bond donors (Lipinski definition) is 1. The number of carbonyl (C=O) groups is 1. The third kappa shape index (κ3) is 3.55. The van der Waals surface area contributed by atoms with Gasteiger partial charge in [0.2, 0.25) is 0 Å². The Hall–Kier alpha value is -1.26. The number of amides is 1. The fourth-order valence-electron chi connectivity index (χ4n) is 3.47. The van der Waals surface area contributed by atoms with Gasteiger partial charge in [0.15, 0.2) is 6.61 Å². The highest BCUT2D eigenvalue weighted by molar-refractivity contribution is 5.85. The smallest absolute Gasteiger partial charge is 0.261 e. The van der Waals surface area contributed by atoms with E-state index < -0.39 is 0 Å². The van der Waals surface area contributed by atoms with Crippen LogP contribution in [0.3, 0.4) is 0 Å². The van der Waals surface area contributed by atoms with Gasteiger partial charge in [-0.25, -0.2) is 0 Å². The van der Waals surface area contributed by atoms with Gasteiger partial charge >= 0.3 is 0 Å². The number of nitrogens with one attached hydrogen (secondary N) is 1. The van der Waals surface area contributed by atoms with Crippen molar-refractivity contribution in [3.63, 3.8) is 0 Å². The molecule has 1 N–H and O–H groups in total. The molecule has 4 nitrogen and oxygen atoms in total. The number of benzene rings is 1. The molecule has 1 aromatic rings. The van der Waals surface area contributed by atoms with E-state index in [1.54, 1.807) is 0 Å². The van der Waals surface area contributed by atoms with Crippen LogP contribution >= 0.6 is 12.4 Å². The molecule has 0 saturated carbocycles. The summed E-state index contributed by atoms with van der Waals surface area (Å²) in [6, 6.07) is 6.85. The van der Waals surface area contributed by atoms with Gasteiger partial charge in [0.25, 0.3) is 5.91 Å². The molecule has 2 aliphatic heterocycles. The molecule has 2 heterocycles. The maximum Gasteiger partial charge on any atom is 0.261 e. The van der Waals surface area contributed by atoms with E-state index >= 15 is 0 Å². The van der Waals surface area contributed by atoms with Crippen molar-refractivity contribution in [1.29, 1.82) is 0 Å². The highest BCUT2D eigenvalue weighted by Crippen LogP contribution is 2.28. The van der Waals surface area contributed by atoms with E-state index in [-0.39, 0.29) is 24.9 Å². The van der Waals surface area contributed by atoms with E-state index in [0.29, 0.717) is 12.1 Å². The number of hydrogen-bond acceptors (Lipinski definition) is 3. The van der Waals surface area contributed by atoms with Crippen LogP contribution in [0.4, 0.5) is 0 Å². The molecular weight excluding hydrogens is 300 g/mol. The molecule has 1 aromatic carbocycles. The molecule has 2 bridgehead atoms. The zero-order valence-electron chi connectivity index (χ0n) is 13.3. The van der Waals surface area contributed by atoms with Gasteiger partial charge in [-0.2, -0.15) is 0 Å². The Morgan fingerprint density at radius 1 is 1.27 bits per heavy atom. The molecule has 0 spiro atoms. The van der Waals surface area contributed by atoms with Crippen molar-refractivity contribution in [2.45, 2.75) is 45.2 Å². The van der Waals surface area contributed by atoms with E-state index in [9.17, 15) is 4.79 Å². The molecule has 2 unspecified atom stereocenters. The van der Waals surface area contributed by atoms with Crippen LogP contribution in [0, 0.1) is 13.8 Å². The van der Waals surface area contributed by atoms with Gasteiger partial charge < -0.3 is 15.0 Å². The largest absolute Gasteiger partial charge is 0.483 e. The molecule has 122 valence electrons. The molecule has 2 fully saturated rings. The Bertz CT molecular complexity index is 521. The summed E-state index contributed by atoms with van der Waals surface area (Å²) < 4.78 is 5.79. The quantitative estimate of drug-likeness (QED) is 0.928. The van der Waals surface area contributed by atoms with Crippen molar-refractivity contribution < 1.29 is 9.53 Å². The minimum Gasteiger partial charge on any atom is -0.483 e. The summed E-state index contributed by atoms with van der Waals surface area (Å²) in [4.78, 5) is 14.6. The van der Waals surface area contributed by atoms with Crippen LogP contribution in [0.1, 0.15) is 30.4 Å². The summed E-state index contributed by atoms with van der Waals surface area (Å²) in [5.41, 5.74) is 2.23. The molecule has 0 aromatic heterocycles. The third-order valence-corrected chi connectivity index (χ3v) is 4.64. The first-order chi connectivity index (χ1) is 10.1. The van der Waals surface area contributed by atoms with Crippen LogP contribution in [0.25, 0.3) is 0 Å². The summed E-state index contributed by atoms with van der Waals surface area (Å²) in [5.74, 6) is 0.954. The van der Waals surface area contributed by atoms with Crippen LogP contribution in [0.15, 0.2) is 18.2 Å². The van der Waals surface area contributed by atoms with Crippen molar-refractivity contribution in [2.75, 3.05) is 19.7 Å². The second-order valence-corrected chi connectivity index (χ2v) is 6.24. The second-order valence-electron chi connectivity index (χ2n) is 6.24. The fraction of sp³-hybridized carbons (Fsp3) is 0.588. The summed E-state index contributed by atoms with van der Waals surface area (Å²) >= 11 is 0. The summed E-state index contributed by atoms with van der Waals surface area (Å²) in [5, 5.41) is 3.42. The first-order valence-corrected chi connectivity index (χ1v) is 7.87. The molecule has 2 aliphatic rings. The Labute approximate surface area is 138 Å². The molecule has 0 radical (unpaired) electrons. The van der Waals surface area contributed by atoms with Crippen molar-refractivity contribution in [1.82, 2.24) is 10.2 Å². The monoisotopic (exact) mass is 324 g/mol. The van der Waals surface area contributed by atoms with E-state index in [4.69, 9.17) is 4.74 Å². The fourth-order valence-corrected chi connectivity index (χ4v) is 3.47. The minimum absolute atomic E-state index is 0. The number of nitrogens with zero attached hydrogens (tertiary/aromatic N) is 1. The highest BCUT2D eigenvalue weighted by Gasteiger charge is 2.37. The number of ether oxygens (including phenoxy) is 1. The maximum atomic E-state index is 12.6. The molecule has 22 heavy (non-hydrogen) atoms. The standard InChI is InChI=1S/C17H24N2O2.ClH/c1-12-3-4-13(2)16(9-12)21-11-17(20)19-14-5-6-15(19)10-18-8-7-14;/h3-4,9,14-15,18H,5-8,10-11H2,1-2H3;1H. The lowest BCUT2D eigenvalue weighted by atomic mass is 10.1. The topological polar surface area (TPSA) is 41.6 Å². The van der Waals surface area contributed by atoms with Crippen LogP contribution < -0.4 is 10.1 Å². The Morgan fingerprint density at radius 2 is 2.05 bits per heavy atom. The number of carbonyl (C=O) groups excluding carboxylic acids is 1. The average Bonchev–Trinajstić information content (AvgIpc) is 2.73. The SMILES string of the molecule is Cc1ccc(C)c(OCC(=O)N2C3CCNCC2CC3)c1.Cl. The number of aryl methyl sites for hydroxylation is 2. The molecule has 3 rings (SSSR count). The van der Waals surface area contributed by atoms with Crippen LogP contribution in [0.5, 0.6) is 5.75 Å². The van der Waals surface area contributed by atoms with E-state index in [1.807, 2.05) is 26.0 Å². The van der Waals surface area contributed by atoms with Crippen LogP contribution in [-0.2, 0) is 4.79 Å². The van der Waals surface area contributed by atoms with Gasteiger partial charge in [0.1, 0.15) is 5.75 Å². The molecule has 2 saturated heterocycles. The zero-order valence-corrected chi connectivity index (χ0v) is 14.1. The van der Waals surface area contributed by atoms with Gasteiger partial charge in [0.05, 0.1) is 0 Å². The predicted octanol–water partition coefficient (Wildman–Crippen LogP) is 2.46. The normalized spacial score (nSPS) is 23.6. The van der Waals surface area contributed by atoms with Gasteiger partial charge in [0, 0.05) is 18.6 Å². The molecule has 5 heteroatoms. The number of rotatable bonds is 3. The molecule has 1 amide bonds. The highest BCUT2D eigenvalue weighted by atomic mass is 35.5. The predicted molar refractivity (Wildman–Crippen MR) is 89.8 cm³/mol. The van der Waals surface area contributed by atoms with Gasteiger partial charge in [-0.05, 0) is 56.8 Å². The van der Waals surface area contributed by atoms with Gasteiger partial charge in [-0.3, -0.25) is 4.79 Å². The lowest BCUT2D eigenvalue weighted by Crippen LogP contribution is -2.44. The third-order valence-electron chi connectivity index (χ3n) is 4.64. The Morgan fingerprint density at radius 3 is 2.86 bits per heavy atom. The van der Waals surface area contributed by atoms with Crippen LogP contribution in [-0.4, -0.2) is 42.6 Å². The lowest BCUT2D eigenvalue weighted by molar-refractivity contribution is -0.136. The second kappa shape index (κ2) is 7.34.